The number of hydrogen-bond acceptors (Lipinski definition) is 4. The lowest BCUT2D eigenvalue weighted by molar-refractivity contribution is -0.144. The van der Waals surface area contributed by atoms with E-state index in [1.165, 1.54) is 6.08 Å². The van der Waals surface area contributed by atoms with Crippen LogP contribution in [-0.4, -0.2) is 31.1 Å². The first-order valence-corrected chi connectivity index (χ1v) is 7.42. The van der Waals surface area contributed by atoms with E-state index in [0.717, 1.165) is 17.7 Å². The molecule has 0 fully saturated rings. The Morgan fingerprint density at radius 2 is 1.91 bits per heavy atom. The van der Waals surface area contributed by atoms with Gasteiger partial charge in [-0.2, -0.15) is 0 Å². The zero-order chi connectivity index (χ0) is 16.4. The molecule has 1 N–H and O–H groups in total. The molecule has 0 aliphatic carbocycles. The largest absolute Gasteiger partial charge is 0.494 e. The second-order valence-corrected chi connectivity index (χ2v) is 4.82. The molecule has 0 unspecified atom stereocenters. The number of rotatable bonds is 8. The highest BCUT2D eigenvalue weighted by Gasteiger charge is 2.07. The summed E-state index contributed by atoms with van der Waals surface area (Å²) >= 11 is 0. The van der Waals surface area contributed by atoms with Crippen LogP contribution in [0.4, 0.5) is 0 Å². The first-order chi connectivity index (χ1) is 10.5. The predicted octanol–water partition coefficient (Wildman–Crippen LogP) is 2.56. The average molecular weight is 305 g/mol. The maximum Gasteiger partial charge on any atom is 0.331 e. The summed E-state index contributed by atoms with van der Waals surface area (Å²) in [5.41, 5.74) is 0.851. The molecule has 1 atom stereocenters. The Hall–Kier alpha value is -2.30. The van der Waals surface area contributed by atoms with E-state index < -0.39 is 5.97 Å². The third kappa shape index (κ3) is 6.92. The van der Waals surface area contributed by atoms with Crippen molar-refractivity contribution in [1.82, 2.24) is 5.32 Å². The van der Waals surface area contributed by atoms with Crippen LogP contribution in [0.25, 0.3) is 6.08 Å². The number of amides is 1. The quantitative estimate of drug-likeness (QED) is 0.592. The Balaban J connectivity index is 2.39. The third-order valence-corrected chi connectivity index (χ3v) is 2.97. The van der Waals surface area contributed by atoms with Gasteiger partial charge in [0, 0.05) is 12.1 Å². The van der Waals surface area contributed by atoms with E-state index in [1.807, 2.05) is 45.0 Å². The molecule has 0 aliphatic heterocycles. The monoisotopic (exact) mass is 305 g/mol. The molecule has 1 aromatic carbocycles. The van der Waals surface area contributed by atoms with Crippen molar-refractivity contribution in [1.29, 1.82) is 0 Å². The summed E-state index contributed by atoms with van der Waals surface area (Å²) in [5, 5.41) is 2.72. The van der Waals surface area contributed by atoms with Gasteiger partial charge in [0.15, 0.2) is 6.61 Å². The minimum absolute atomic E-state index is 0.0746. The van der Waals surface area contributed by atoms with Crippen molar-refractivity contribution < 1.29 is 19.1 Å². The fourth-order valence-corrected chi connectivity index (χ4v) is 1.61. The molecule has 1 rings (SSSR count). The smallest absolute Gasteiger partial charge is 0.331 e. The molecular formula is C17H23NO4. The van der Waals surface area contributed by atoms with Gasteiger partial charge in [0.25, 0.3) is 5.91 Å². The van der Waals surface area contributed by atoms with E-state index in [2.05, 4.69) is 5.32 Å². The summed E-state index contributed by atoms with van der Waals surface area (Å²) in [6.07, 6.45) is 3.76. The standard InChI is InChI=1S/C17H23NO4/c1-4-13(3)18-16(19)12-22-17(20)11-8-14-6-9-15(10-7-14)21-5-2/h6-11,13H,4-5,12H2,1-3H3,(H,18,19)/b11-8+/t13-/m0/s1. The van der Waals surface area contributed by atoms with Gasteiger partial charge in [0.1, 0.15) is 5.75 Å². The Morgan fingerprint density at radius 3 is 2.50 bits per heavy atom. The minimum atomic E-state index is -0.548. The van der Waals surface area contributed by atoms with Crippen molar-refractivity contribution in [2.75, 3.05) is 13.2 Å². The van der Waals surface area contributed by atoms with Gasteiger partial charge >= 0.3 is 5.97 Å². The molecule has 0 aromatic heterocycles. The number of ether oxygens (including phenoxy) is 2. The van der Waals surface area contributed by atoms with Crippen molar-refractivity contribution in [3.63, 3.8) is 0 Å². The summed E-state index contributed by atoms with van der Waals surface area (Å²) in [5.74, 6) is -0.0608. The average Bonchev–Trinajstić information content (AvgIpc) is 2.52. The van der Waals surface area contributed by atoms with Gasteiger partial charge in [-0.05, 0) is 44.0 Å². The minimum Gasteiger partial charge on any atom is -0.494 e. The van der Waals surface area contributed by atoms with Crippen LogP contribution >= 0.6 is 0 Å². The first-order valence-electron chi connectivity index (χ1n) is 7.42. The molecule has 120 valence electrons. The van der Waals surface area contributed by atoms with E-state index in [0.29, 0.717) is 6.61 Å². The van der Waals surface area contributed by atoms with Crippen LogP contribution in [0.5, 0.6) is 5.75 Å². The molecule has 1 aromatic rings. The maximum absolute atomic E-state index is 11.5. The molecule has 0 saturated heterocycles. The Labute approximate surface area is 131 Å². The number of hydrogen-bond donors (Lipinski definition) is 1. The van der Waals surface area contributed by atoms with Gasteiger partial charge < -0.3 is 14.8 Å². The third-order valence-electron chi connectivity index (χ3n) is 2.97. The van der Waals surface area contributed by atoms with Gasteiger partial charge in [-0.3, -0.25) is 4.79 Å². The maximum atomic E-state index is 11.5. The zero-order valence-electron chi connectivity index (χ0n) is 13.3. The highest BCUT2D eigenvalue weighted by atomic mass is 16.5. The first kappa shape index (κ1) is 17.8. The topological polar surface area (TPSA) is 64.6 Å². The summed E-state index contributed by atoms with van der Waals surface area (Å²) < 4.78 is 10.2. The number of carbonyl (C=O) groups excluding carboxylic acids is 2. The Kier molecular flexibility index (Phi) is 7.75. The molecule has 0 spiro atoms. The van der Waals surface area contributed by atoms with Gasteiger partial charge in [0.05, 0.1) is 6.61 Å². The lowest BCUT2D eigenvalue weighted by Gasteiger charge is -2.10. The lowest BCUT2D eigenvalue weighted by Crippen LogP contribution is -2.35. The fourth-order valence-electron chi connectivity index (χ4n) is 1.61. The second kappa shape index (κ2) is 9.60. The van der Waals surface area contributed by atoms with Crippen LogP contribution in [0, 0.1) is 0 Å². The number of nitrogens with one attached hydrogen (secondary N) is 1. The van der Waals surface area contributed by atoms with Crippen molar-refractivity contribution in [2.24, 2.45) is 0 Å². The normalized spacial score (nSPS) is 12.0. The summed E-state index contributed by atoms with van der Waals surface area (Å²) in [6.45, 7) is 6.13. The summed E-state index contributed by atoms with van der Waals surface area (Å²) in [7, 11) is 0. The van der Waals surface area contributed by atoms with Gasteiger partial charge in [-0.15, -0.1) is 0 Å². The van der Waals surface area contributed by atoms with E-state index in [4.69, 9.17) is 9.47 Å². The molecule has 5 nitrogen and oxygen atoms in total. The molecule has 0 saturated carbocycles. The molecular weight excluding hydrogens is 282 g/mol. The van der Waals surface area contributed by atoms with Crippen LogP contribution < -0.4 is 10.1 Å². The number of carbonyl (C=O) groups is 2. The van der Waals surface area contributed by atoms with Crippen LogP contribution in [0.2, 0.25) is 0 Å². The predicted molar refractivity (Wildman–Crippen MR) is 85.5 cm³/mol. The summed E-state index contributed by atoms with van der Waals surface area (Å²) in [4.78, 5) is 23.0. The fraction of sp³-hybridized carbons (Fsp3) is 0.412. The van der Waals surface area contributed by atoms with Crippen LogP contribution in [-0.2, 0) is 14.3 Å². The van der Waals surface area contributed by atoms with Crippen molar-refractivity contribution in [3.8, 4) is 5.75 Å². The number of benzene rings is 1. The zero-order valence-corrected chi connectivity index (χ0v) is 13.3. The van der Waals surface area contributed by atoms with Gasteiger partial charge in [-0.1, -0.05) is 19.1 Å². The molecule has 22 heavy (non-hydrogen) atoms. The van der Waals surface area contributed by atoms with E-state index in [1.54, 1.807) is 6.08 Å². The van der Waals surface area contributed by atoms with Crippen LogP contribution in [0.3, 0.4) is 0 Å². The summed E-state index contributed by atoms with van der Waals surface area (Å²) in [6, 6.07) is 7.40. The number of esters is 1. The molecule has 0 heterocycles. The van der Waals surface area contributed by atoms with Crippen LogP contribution in [0.15, 0.2) is 30.3 Å². The molecule has 1 amide bonds. The molecule has 0 aliphatic rings. The van der Waals surface area contributed by atoms with E-state index >= 15 is 0 Å². The SMILES string of the molecule is CCOc1ccc(/C=C/C(=O)OCC(=O)N[C@@H](C)CC)cc1. The van der Waals surface area contributed by atoms with E-state index in [9.17, 15) is 9.59 Å². The van der Waals surface area contributed by atoms with Gasteiger partial charge in [-0.25, -0.2) is 4.79 Å². The molecule has 5 heteroatoms. The lowest BCUT2D eigenvalue weighted by atomic mass is 10.2. The van der Waals surface area contributed by atoms with Crippen LogP contribution in [0.1, 0.15) is 32.8 Å². The van der Waals surface area contributed by atoms with Crippen molar-refractivity contribution in [2.45, 2.75) is 33.2 Å². The highest BCUT2D eigenvalue weighted by Crippen LogP contribution is 2.13. The molecule has 0 radical (unpaired) electrons. The Morgan fingerprint density at radius 1 is 1.23 bits per heavy atom. The van der Waals surface area contributed by atoms with Crippen molar-refractivity contribution >= 4 is 18.0 Å². The van der Waals surface area contributed by atoms with E-state index in [-0.39, 0.29) is 18.6 Å². The Bertz CT molecular complexity index is 508. The van der Waals surface area contributed by atoms with Gasteiger partial charge in [0.2, 0.25) is 0 Å². The highest BCUT2D eigenvalue weighted by molar-refractivity contribution is 5.89. The van der Waals surface area contributed by atoms with Crippen molar-refractivity contribution in [3.05, 3.63) is 35.9 Å². The second-order valence-electron chi connectivity index (χ2n) is 4.82. The molecule has 0 bridgehead atoms.